The molecule has 0 bridgehead atoms. The Morgan fingerprint density at radius 3 is 2.57 bits per heavy atom. The molecule has 0 aliphatic carbocycles. The summed E-state index contributed by atoms with van der Waals surface area (Å²) in [5.74, 6) is 0.743. The number of hydrogen-bond donors (Lipinski definition) is 0. The largest absolute Gasteiger partial charge is 0.490 e. The van der Waals surface area contributed by atoms with Crippen LogP contribution in [-0.4, -0.2) is 42.6 Å². The molecule has 0 aliphatic rings. The molecule has 1 heterocycles. The predicted molar refractivity (Wildman–Crippen MR) is 92.4 cm³/mol. The number of halogens is 2. The first-order valence-corrected chi connectivity index (χ1v) is 8.20. The molecular weight excluding hydrogens is 400 g/mol. The number of carbonyl (C=O) groups is 1. The van der Waals surface area contributed by atoms with Crippen LogP contribution < -0.4 is 4.74 Å². The normalized spacial score (nSPS) is 11.4. The third kappa shape index (κ3) is 3.33. The van der Waals surface area contributed by atoms with Gasteiger partial charge in [-0.15, -0.1) is 0 Å². The Bertz CT molecular complexity index is 693. The Hall–Kier alpha value is -0.850. The van der Waals surface area contributed by atoms with E-state index in [1.54, 1.807) is 11.5 Å². The quantitative estimate of drug-likeness (QED) is 0.751. The molecule has 0 saturated heterocycles. The lowest BCUT2D eigenvalue weighted by molar-refractivity contribution is 0.0938. The summed E-state index contributed by atoms with van der Waals surface area (Å²) in [6, 6.07) is 3.92. The SMILES string of the molecule is CC(=O)n1c(C)c(OCCN(C)C)c2cc(Br)cc(Br)c21. The summed E-state index contributed by atoms with van der Waals surface area (Å²) in [6.07, 6.45) is 0. The molecule has 4 nitrogen and oxygen atoms in total. The number of carbonyl (C=O) groups excluding carboxylic acids is 1. The van der Waals surface area contributed by atoms with Crippen LogP contribution in [0.25, 0.3) is 10.9 Å². The highest BCUT2D eigenvalue weighted by Gasteiger charge is 2.20. The molecule has 6 heteroatoms. The van der Waals surface area contributed by atoms with E-state index in [4.69, 9.17) is 4.74 Å². The second-order valence-electron chi connectivity index (χ2n) is 5.20. The Morgan fingerprint density at radius 1 is 1.33 bits per heavy atom. The van der Waals surface area contributed by atoms with E-state index in [0.29, 0.717) is 6.61 Å². The fourth-order valence-corrected chi connectivity index (χ4v) is 3.74. The van der Waals surface area contributed by atoms with Crippen molar-refractivity contribution in [2.75, 3.05) is 27.2 Å². The Kier molecular flexibility index (Phi) is 5.11. The number of likely N-dealkylation sites (N-methyl/N-ethyl adjacent to an activating group) is 1. The average Bonchev–Trinajstić information content (AvgIpc) is 2.63. The maximum absolute atomic E-state index is 12.0. The van der Waals surface area contributed by atoms with Crippen LogP contribution >= 0.6 is 31.9 Å². The molecule has 1 aromatic carbocycles. The molecule has 0 amide bonds. The minimum absolute atomic E-state index is 0.0250. The van der Waals surface area contributed by atoms with E-state index in [0.717, 1.165) is 37.8 Å². The van der Waals surface area contributed by atoms with Gasteiger partial charge in [0.25, 0.3) is 0 Å². The first-order chi connectivity index (χ1) is 9.82. The monoisotopic (exact) mass is 416 g/mol. The van der Waals surface area contributed by atoms with Crippen molar-refractivity contribution in [3.05, 3.63) is 26.8 Å². The van der Waals surface area contributed by atoms with Gasteiger partial charge in [-0.2, -0.15) is 0 Å². The molecular formula is C15H18Br2N2O2. The summed E-state index contributed by atoms with van der Waals surface area (Å²) in [7, 11) is 4.00. The third-order valence-corrected chi connectivity index (χ3v) is 4.32. The first kappa shape index (κ1) is 16.5. The molecule has 0 N–H and O–H groups in total. The van der Waals surface area contributed by atoms with Crippen LogP contribution in [-0.2, 0) is 0 Å². The molecule has 21 heavy (non-hydrogen) atoms. The van der Waals surface area contributed by atoms with E-state index >= 15 is 0 Å². The molecule has 0 saturated carbocycles. The van der Waals surface area contributed by atoms with Crippen molar-refractivity contribution in [2.45, 2.75) is 13.8 Å². The second-order valence-corrected chi connectivity index (χ2v) is 6.97. The van der Waals surface area contributed by atoms with Gasteiger partial charge in [0.2, 0.25) is 5.91 Å². The average molecular weight is 418 g/mol. The number of aromatic nitrogens is 1. The smallest absolute Gasteiger partial charge is 0.228 e. The fraction of sp³-hybridized carbons (Fsp3) is 0.400. The lowest BCUT2D eigenvalue weighted by Gasteiger charge is -2.11. The van der Waals surface area contributed by atoms with Gasteiger partial charge in [-0.25, -0.2) is 0 Å². The summed E-state index contributed by atoms with van der Waals surface area (Å²) in [6.45, 7) is 4.87. The van der Waals surface area contributed by atoms with Crippen molar-refractivity contribution in [2.24, 2.45) is 0 Å². The van der Waals surface area contributed by atoms with Crippen molar-refractivity contribution in [3.8, 4) is 5.75 Å². The zero-order valence-electron chi connectivity index (χ0n) is 12.5. The minimum atomic E-state index is -0.0250. The summed E-state index contributed by atoms with van der Waals surface area (Å²) < 4.78 is 9.45. The molecule has 0 atom stereocenters. The number of rotatable bonds is 4. The maximum atomic E-state index is 12.0. The van der Waals surface area contributed by atoms with Crippen molar-refractivity contribution in [3.63, 3.8) is 0 Å². The maximum Gasteiger partial charge on any atom is 0.228 e. The summed E-state index contributed by atoms with van der Waals surface area (Å²) in [4.78, 5) is 14.0. The Labute approximate surface area is 141 Å². The van der Waals surface area contributed by atoms with Gasteiger partial charge in [0, 0.05) is 27.8 Å². The van der Waals surface area contributed by atoms with Crippen LogP contribution in [0.15, 0.2) is 21.1 Å². The van der Waals surface area contributed by atoms with Gasteiger partial charge in [0.15, 0.2) is 0 Å². The molecule has 0 radical (unpaired) electrons. The van der Waals surface area contributed by atoms with Crippen LogP contribution in [0.1, 0.15) is 17.4 Å². The van der Waals surface area contributed by atoms with Crippen LogP contribution in [0.5, 0.6) is 5.75 Å². The van der Waals surface area contributed by atoms with Crippen molar-refractivity contribution < 1.29 is 9.53 Å². The third-order valence-electron chi connectivity index (χ3n) is 3.26. The van der Waals surface area contributed by atoms with E-state index in [-0.39, 0.29) is 5.91 Å². The van der Waals surface area contributed by atoms with Gasteiger partial charge in [-0.1, -0.05) is 15.9 Å². The number of benzene rings is 1. The van der Waals surface area contributed by atoms with Crippen molar-refractivity contribution in [1.82, 2.24) is 9.47 Å². The number of nitrogens with zero attached hydrogens (tertiary/aromatic N) is 2. The second kappa shape index (κ2) is 6.50. The fourth-order valence-electron chi connectivity index (χ4n) is 2.34. The van der Waals surface area contributed by atoms with Crippen LogP contribution in [0.2, 0.25) is 0 Å². The lowest BCUT2D eigenvalue weighted by atomic mass is 10.2. The molecule has 1 aromatic heterocycles. The van der Waals surface area contributed by atoms with Crippen LogP contribution in [0.4, 0.5) is 0 Å². The highest BCUT2D eigenvalue weighted by atomic mass is 79.9. The molecule has 0 spiro atoms. The molecule has 114 valence electrons. The minimum Gasteiger partial charge on any atom is -0.490 e. The van der Waals surface area contributed by atoms with Gasteiger partial charge in [-0.05, 0) is 49.1 Å². The zero-order chi connectivity index (χ0) is 15.7. The van der Waals surface area contributed by atoms with Crippen LogP contribution in [0.3, 0.4) is 0 Å². The lowest BCUT2D eigenvalue weighted by Crippen LogP contribution is -2.19. The van der Waals surface area contributed by atoms with E-state index in [1.807, 2.05) is 33.2 Å². The van der Waals surface area contributed by atoms with Gasteiger partial charge in [0.05, 0.1) is 11.2 Å². The van der Waals surface area contributed by atoms with E-state index < -0.39 is 0 Å². The molecule has 0 unspecified atom stereocenters. The highest BCUT2D eigenvalue weighted by Crippen LogP contribution is 2.38. The van der Waals surface area contributed by atoms with Gasteiger partial charge >= 0.3 is 0 Å². The summed E-state index contributed by atoms with van der Waals surface area (Å²) >= 11 is 7.03. The predicted octanol–water partition coefficient (Wildman–Crippen LogP) is 4.08. The van der Waals surface area contributed by atoms with E-state index in [1.165, 1.54) is 0 Å². The molecule has 0 aliphatic heterocycles. The summed E-state index contributed by atoms with van der Waals surface area (Å²) in [5, 5.41) is 0.933. The Morgan fingerprint density at radius 2 is 2.00 bits per heavy atom. The number of fused-ring (bicyclic) bond motifs is 1. The Balaban J connectivity index is 2.58. The van der Waals surface area contributed by atoms with E-state index in [9.17, 15) is 4.79 Å². The van der Waals surface area contributed by atoms with Gasteiger partial charge in [-0.3, -0.25) is 9.36 Å². The molecule has 0 fully saturated rings. The van der Waals surface area contributed by atoms with Crippen LogP contribution in [0, 0.1) is 6.92 Å². The van der Waals surface area contributed by atoms with E-state index in [2.05, 4.69) is 36.8 Å². The van der Waals surface area contributed by atoms with Gasteiger partial charge in [0.1, 0.15) is 12.4 Å². The topological polar surface area (TPSA) is 34.5 Å². The standard InChI is InChI=1S/C15H18Br2N2O2/c1-9-15(21-6-5-18(3)4)12-7-11(16)8-13(17)14(12)19(9)10(2)20/h7-8H,5-6H2,1-4H3. The molecule has 2 aromatic rings. The first-order valence-electron chi connectivity index (χ1n) is 6.61. The molecule has 2 rings (SSSR count). The zero-order valence-corrected chi connectivity index (χ0v) is 15.7. The summed E-state index contributed by atoms with van der Waals surface area (Å²) in [5.41, 5.74) is 1.68. The van der Waals surface area contributed by atoms with Crippen molar-refractivity contribution in [1.29, 1.82) is 0 Å². The number of hydrogen-bond acceptors (Lipinski definition) is 3. The number of ether oxygens (including phenoxy) is 1. The van der Waals surface area contributed by atoms with Crippen molar-refractivity contribution >= 4 is 48.7 Å². The van der Waals surface area contributed by atoms with Gasteiger partial charge < -0.3 is 9.64 Å². The highest BCUT2D eigenvalue weighted by molar-refractivity contribution is 9.11.